The molecule has 0 aliphatic heterocycles. The fourth-order valence-electron chi connectivity index (χ4n) is 6.57. The van der Waals surface area contributed by atoms with Gasteiger partial charge in [0, 0.05) is 12.5 Å². The topological polar surface area (TPSA) is 68.2 Å². The Morgan fingerprint density at radius 3 is 1.71 bits per heavy atom. The van der Waals surface area contributed by atoms with Crippen molar-refractivity contribution in [3.8, 4) is 12.0 Å². The SMILES string of the molecule is CCOC(=O)c1ccc(CO[Si](CC)(CC)CC)n1C#CC[C@H](O[Si](CC)(CC)CC)[C@@H](COCc1ccccc1)O[Si](CC)(CC)CC. The Labute approximate surface area is 302 Å². The average Bonchev–Trinajstić information content (AvgIpc) is 3.55. The zero-order valence-electron chi connectivity index (χ0n) is 32.5. The van der Waals surface area contributed by atoms with Crippen LogP contribution in [0.15, 0.2) is 42.5 Å². The van der Waals surface area contributed by atoms with Gasteiger partial charge in [0.05, 0.1) is 44.3 Å². The summed E-state index contributed by atoms with van der Waals surface area (Å²) in [5.41, 5.74) is 2.43. The van der Waals surface area contributed by atoms with E-state index in [1.807, 2.05) is 37.3 Å². The van der Waals surface area contributed by atoms with Crippen molar-refractivity contribution in [1.82, 2.24) is 4.57 Å². The third kappa shape index (κ3) is 12.3. The van der Waals surface area contributed by atoms with E-state index in [4.69, 9.17) is 22.8 Å². The number of carbonyl (C=O) groups is 1. The van der Waals surface area contributed by atoms with Crippen LogP contribution in [-0.2, 0) is 36.0 Å². The van der Waals surface area contributed by atoms with E-state index in [2.05, 4.69) is 86.4 Å². The summed E-state index contributed by atoms with van der Waals surface area (Å²) in [5.74, 6) is 3.09. The van der Waals surface area contributed by atoms with Crippen molar-refractivity contribution >= 4 is 30.9 Å². The molecule has 0 aliphatic rings. The van der Waals surface area contributed by atoms with Gasteiger partial charge in [-0.2, -0.15) is 0 Å². The second-order valence-corrected chi connectivity index (χ2v) is 27.3. The number of rotatable bonds is 24. The van der Waals surface area contributed by atoms with Crippen molar-refractivity contribution in [2.24, 2.45) is 0 Å². The molecule has 2 aromatic rings. The smallest absolute Gasteiger partial charge is 0.355 e. The van der Waals surface area contributed by atoms with Crippen LogP contribution in [0.3, 0.4) is 0 Å². The summed E-state index contributed by atoms with van der Waals surface area (Å²) in [5, 5.41) is 0. The highest BCUT2D eigenvalue weighted by Gasteiger charge is 2.39. The van der Waals surface area contributed by atoms with E-state index >= 15 is 0 Å². The molecular weight excluding hydrogens is 663 g/mol. The van der Waals surface area contributed by atoms with Crippen LogP contribution >= 0.6 is 0 Å². The molecule has 276 valence electrons. The lowest BCUT2D eigenvalue weighted by atomic mass is 10.1. The standard InChI is InChI=1S/C39H67NO6Si3/c1-11-43-39(41)36-29-28-35(32-44-47(12-2,13-3)14-4)40(36)30-24-27-37(45-48(15-5,16-6)17-7)38(46-49(18-8,19-9)20-10)33-42-31-34-25-22-21-23-26-34/h21-23,25-26,28-29,37-38H,11-20,27,31-33H2,1-10H3/t37-,38+/m0/s1. The minimum Gasteiger partial charge on any atom is -0.461 e. The van der Waals surface area contributed by atoms with Crippen LogP contribution in [0.2, 0.25) is 54.4 Å². The molecule has 10 heteroatoms. The van der Waals surface area contributed by atoms with Gasteiger partial charge in [-0.15, -0.1) is 0 Å². The number of hydrogen-bond acceptors (Lipinski definition) is 6. The number of ether oxygens (including phenoxy) is 2. The van der Waals surface area contributed by atoms with Gasteiger partial charge in [-0.3, -0.25) is 4.57 Å². The molecule has 1 aromatic heterocycles. The van der Waals surface area contributed by atoms with Crippen molar-refractivity contribution in [2.45, 2.75) is 155 Å². The molecule has 0 N–H and O–H groups in total. The van der Waals surface area contributed by atoms with Crippen LogP contribution in [0.25, 0.3) is 0 Å². The lowest BCUT2D eigenvalue weighted by Crippen LogP contribution is -2.51. The van der Waals surface area contributed by atoms with E-state index in [-0.39, 0.29) is 18.2 Å². The lowest BCUT2D eigenvalue weighted by molar-refractivity contribution is -0.0263. The summed E-state index contributed by atoms with van der Waals surface area (Å²) in [6.07, 6.45) is -0.0371. The fourth-order valence-corrected chi connectivity index (χ4v) is 14.9. The van der Waals surface area contributed by atoms with Gasteiger partial charge >= 0.3 is 5.97 Å². The first-order valence-corrected chi connectivity index (χ1v) is 26.7. The number of carbonyl (C=O) groups excluding carboxylic acids is 1. The highest BCUT2D eigenvalue weighted by atomic mass is 28.4. The Bertz CT molecular complexity index is 1250. The first kappa shape index (κ1) is 43.2. The summed E-state index contributed by atoms with van der Waals surface area (Å²) in [4.78, 5) is 13.1. The van der Waals surface area contributed by atoms with Crippen LogP contribution in [-0.4, -0.2) is 60.9 Å². The Morgan fingerprint density at radius 2 is 1.20 bits per heavy atom. The molecule has 0 spiro atoms. The van der Waals surface area contributed by atoms with Crippen LogP contribution in [0.1, 0.15) is 97.4 Å². The zero-order valence-corrected chi connectivity index (χ0v) is 35.5. The van der Waals surface area contributed by atoms with Crippen molar-refractivity contribution in [3.05, 3.63) is 59.4 Å². The highest BCUT2D eigenvalue weighted by Crippen LogP contribution is 2.31. The summed E-state index contributed by atoms with van der Waals surface area (Å²) in [6.45, 7) is 23.7. The normalized spacial score (nSPS) is 13.5. The summed E-state index contributed by atoms with van der Waals surface area (Å²) in [6, 6.07) is 26.8. The van der Waals surface area contributed by atoms with Gasteiger partial charge in [-0.25, -0.2) is 4.79 Å². The number of esters is 1. The molecule has 0 saturated carbocycles. The van der Waals surface area contributed by atoms with E-state index < -0.39 is 25.0 Å². The number of aromatic nitrogens is 1. The van der Waals surface area contributed by atoms with E-state index in [9.17, 15) is 4.79 Å². The minimum atomic E-state index is -2.05. The molecule has 0 aliphatic carbocycles. The number of nitrogens with zero attached hydrogens (tertiary/aromatic N) is 1. The number of benzene rings is 1. The van der Waals surface area contributed by atoms with Gasteiger partial charge in [0.25, 0.3) is 0 Å². The molecule has 0 unspecified atom stereocenters. The van der Waals surface area contributed by atoms with E-state index in [0.717, 1.165) is 65.7 Å². The van der Waals surface area contributed by atoms with Crippen molar-refractivity contribution in [1.29, 1.82) is 0 Å². The van der Waals surface area contributed by atoms with Gasteiger partial charge in [-0.1, -0.05) is 98.6 Å². The molecule has 49 heavy (non-hydrogen) atoms. The van der Waals surface area contributed by atoms with Gasteiger partial charge < -0.3 is 22.8 Å². The van der Waals surface area contributed by atoms with Gasteiger partial charge in [0.2, 0.25) is 0 Å². The van der Waals surface area contributed by atoms with E-state index in [1.165, 1.54) is 0 Å². The maximum absolute atomic E-state index is 13.1. The summed E-state index contributed by atoms with van der Waals surface area (Å²) < 4.78 is 34.8. The van der Waals surface area contributed by atoms with Crippen LogP contribution in [0.5, 0.6) is 0 Å². The molecule has 1 aromatic carbocycles. The minimum absolute atomic E-state index is 0.247. The second-order valence-electron chi connectivity index (χ2n) is 13.1. The van der Waals surface area contributed by atoms with Crippen LogP contribution in [0.4, 0.5) is 0 Å². The predicted octanol–water partition coefficient (Wildman–Crippen LogP) is 10.4. The monoisotopic (exact) mass is 729 g/mol. The molecule has 0 saturated heterocycles. The highest BCUT2D eigenvalue weighted by molar-refractivity contribution is 6.74. The van der Waals surface area contributed by atoms with Gasteiger partial charge in [0.15, 0.2) is 25.0 Å². The van der Waals surface area contributed by atoms with Crippen molar-refractivity contribution in [2.75, 3.05) is 13.2 Å². The lowest BCUT2D eigenvalue weighted by Gasteiger charge is -2.40. The van der Waals surface area contributed by atoms with Crippen LogP contribution in [0, 0.1) is 12.0 Å². The predicted molar refractivity (Wildman–Crippen MR) is 210 cm³/mol. The third-order valence-corrected chi connectivity index (χ3v) is 24.8. The van der Waals surface area contributed by atoms with Gasteiger partial charge in [0.1, 0.15) is 5.69 Å². The molecule has 2 rings (SSSR count). The van der Waals surface area contributed by atoms with Gasteiger partial charge in [-0.05, 0) is 79.0 Å². The molecule has 2 atom stereocenters. The Hall–Kier alpha value is -1.98. The Morgan fingerprint density at radius 1 is 0.673 bits per heavy atom. The molecular formula is C39H67NO6Si3. The van der Waals surface area contributed by atoms with Crippen LogP contribution < -0.4 is 0 Å². The van der Waals surface area contributed by atoms with Crippen molar-refractivity contribution in [3.63, 3.8) is 0 Å². The maximum Gasteiger partial charge on any atom is 0.355 e. The Kier molecular flexibility index (Phi) is 19.4. The number of hydrogen-bond donors (Lipinski definition) is 0. The average molecular weight is 730 g/mol. The molecule has 7 nitrogen and oxygen atoms in total. The quantitative estimate of drug-likeness (QED) is 0.0609. The maximum atomic E-state index is 13.1. The fraction of sp³-hybridized carbons (Fsp3) is 0.667. The molecule has 0 bridgehead atoms. The molecule has 0 amide bonds. The van der Waals surface area contributed by atoms with E-state index in [0.29, 0.717) is 38.5 Å². The van der Waals surface area contributed by atoms with Crippen molar-refractivity contribution < 1.29 is 27.5 Å². The molecule has 0 fully saturated rings. The summed E-state index contributed by atoms with van der Waals surface area (Å²) >= 11 is 0. The Balaban J connectivity index is 2.57. The largest absolute Gasteiger partial charge is 0.461 e. The molecule has 1 heterocycles. The van der Waals surface area contributed by atoms with E-state index in [1.54, 1.807) is 4.57 Å². The first-order valence-electron chi connectivity index (χ1n) is 19.1. The zero-order chi connectivity index (χ0) is 36.3. The summed E-state index contributed by atoms with van der Waals surface area (Å²) in [7, 11) is -5.93. The second kappa shape index (κ2) is 22.1. The molecule has 0 radical (unpaired) electrons. The first-order chi connectivity index (χ1) is 23.6. The third-order valence-electron chi connectivity index (χ3n) is 10.9.